The smallest absolute Gasteiger partial charge is 0.297 e. The van der Waals surface area contributed by atoms with Gasteiger partial charge in [0.25, 0.3) is 0 Å². The predicted octanol–water partition coefficient (Wildman–Crippen LogP) is 3.86. The summed E-state index contributed by atoms with van der Waals surface area (Å²) < 4.78 is 48.9. The highest BCUT2D eigenvalue weighted by Gasteiger charge is 2.34. The maximum atomic E-state index is 12.3. The van der Waals surface area contributed by atoms with Crippen LogP contribution in [0.1, 0.15) is 5.56 Å². The van der Waals surface area contributed by atoms with Crippen LogP contribution in [0.25, 0.3) is 0 Å². The van der Waals surface area contributed by atoms with Gasteiger partial charge in [-0.25, -0.2) is 4.79 Å². The second-order valence-corrected chi connectivity index (χ2v) is 3.02. The molecule has 82 valence electrons. The minimum Gasteiger partial charge on any atom is -0.297 e. The van der Waals surface area contributed by atoms with Crippen molar-refractivity contribution in [1.82, 2.24) is 0 Å². The van der Waals surface area contributed by atoms with Gasteiger partial charge in [0.2, 0.25) is 0 Å². The molecule has 0 atom stereocenters. The summed E-state index contributed by atoms with van der Waals surface area (Å²) in [5.74, 6) is 0. The van der Waals surface area contributed by atoms with E-state index in [-0.39, 0.29) is 5.02 Å². The summed E-state index contributed by atoms with van der Waals surface area (Å²) in [5, 5.41) is 1.27. The van der Waals surface area contributed by atoms with Crippen LogP contribution in [-0.4, -0.2) is 6.16 Å². The Morgan fingerprint density at radius 1 is 1.33 bits per heavy atom. The predicted molar refractivity (Wildman–Crippen MR) is 46.6 cm³/mol. The van der Waals surface area contributed by atoms with Crippen LogP contribution in [-0.2, 0) is 6.18 Å². The number of alkyl halides is 3. The van der Waals surface area contributed by atoms with Gasteiger partial charge < -0.3 is 0 Å². The van der Waals surface area contributed by atoms with Gasteiger partial charge in [0.1, 0.15) is 0 Å². The van der Waals surface area contributed by atoms with Gasteiger partial charge in [0.15, 0.2) is 0 Å². The third kappa shape index (κ3) is 3.09. The van der Waals surface area contributed by atoms with Gasteiger partial charge in [-0.3, -0.25) is 5.32 Å². The minimum atomic E-state index is -4.71. The first-order valence-corrected chi connectivity index (χ1v) is 4.02. The van der Waals surface area contributed by atoms with E-state index in [9.17, 15) is 22.4 Å². The first kappa shape index (κ1) is 11.8. The third-order valence-corrected chi connectivity index (χ3v) is 1.76. The summed E-state index contributed by atoms with van der Waals surface area (Å²) >= 11 is 5.35. The molecule has 15 heavy (non-hydrogen) atoms. The van der Waals surface area contributed by atoms with Gasteiger partial charge in [0.05, 0.1) is 11.3 Å². The number of carbonyl (C=O) groups is 1. The third-order valence-electron chi connectivity index (χ3n) is 1.52. The van der Waals surface area contributed by atoms with Crippen molar-refractivity contribution in [3.8, 4) is 0 Å². The Balaban J connectivity index is 3.20. The summed E-state index contributed by atoms with van der Waals surface area (Å²) in [4.78, 5) is 10.00. The molecule has 0 saturated heterocycles. The number of rotatable bonds is 1. The van der Waals surface area contributed by atoms with E-state index in [0.717, 1.165) is 12.1 Å². The van der Waals surface area contributed by atoms with Crippen molar-refractivity contribution in [3.63, 3.8) is 0 Å². The molecule has 0 aliphatic rings. The molecule has 1 N–H and O–H groups in total. The molecule has 0 aliphatic carbocycles. The highest BCUT2D eigenvalue weighted by atomic mass is 35.5. The number of benzene rings is 1. The molecule has 0 saturated carbocycles. The molecule has 1 rings (SSSR count). The minimum absolute atomic E-state index is 0.154. The monoisotopic (exact) mass is 241 g/mol. The quantitative estimate of drug-likeness (QED) is 0.451. The van der Waals surface area contributed by atoms with Crippen LogP contribution in [0.3, 0.4) is 0 Å². The molecule has 0 fully saturated rings. The van der Waals surface area contributed by atoms with E-state index in [1.165, 1.54) is 5.32 Å². The second-order valence-electron chi connectivity index (χ2n) is 2.59. The molecule has 0 bridgehead atoms. The van der Waals surface area contributed by atoms with Crippen LogP contribution < -0.4 is 5.32 Å². The molecule has 0 unspecified atom stereocenters. The lowest BCUT2D eigenvalue weighted by atomic mass is 10.1. The van der Waals surface area contributed by atoms with Crippen molar-refractivity contribution >= 4 is 23.4 Å². The topological polar surface area (TPSA) is 29.1 Å². The molecule has 0 aromatic heterocycles. The summed E-state index contributed by atoms with van der Waals surface area (Å²) in [7, 11) is 0. The van der Waals surface area contributed by atoms with Crippen molar-refractivity contribution in [2.75, 3.05) is 5.32 Å². The maximum absolute atomic E-state index is 12.3. The number of amides is 1. The van der Waals surface area contributed by atoms with E-state index < -0.39 is 23.6 Å². The average molecular weight is 242 g/mol. The molecular formula is C8H4ClF4NO. The highest BCUT2D eigenvalue weighted by molar-refractivity contribution is 6.30. The fourth-order valence-electron chi connectivity index (χ4n) is 0.966. The van der Waals surface area contributed by atoms with Crippen LogP contribution in [0.5, 0.6) is 0 Å². The van der Waals surface area contributed by atoms with Crippen LogP contribution in [0.15, 0.2) is 18.2 Å². The molecule has 0 aliphatic heterocycles. The van der Waals surface area contributed by atoms with Crippen LogP contribution in [0, 0.1) is 0 Å². The van der Waals surface area contributed by atoms with Crippen LogP contribution >= 0.6 is 11.6 Å². The zero-order valence-electron chi connectivity index (χ0n) is 7.03. The first-order chi connectivity index (χ1) is 6.80. The fraction of sp³-hybridized carbons (Fsp3) is 0.125. The standard InChI is InChI=1S/C8H4ClF4NO/c9-4-1-2-6(14-7(10)15)5(3-4)8(11,12)13/h1-3H,(H,14,15). The molecule has 1 amide bonds. The second kappa shape index (κ2) is 4.06. The largest absolute Gasteiger partial charge is 0.418 e. The Bertz CT molecular complexity index is 391. The number of hydrogen-bond donors (Lipinski definition) is 1. The van der Waals surface area contributed by atoms with E-state index in [2.05, 4.69) is 0 Å². The lowest BCUT2D eigenvalue weighted by Gasteiger charge is -2.12. The summed E-state index contributed by atoms with van der Waals surface area (Å²) in [5.41, 5.74) is -1.86. The van der Waals surface area contributed by atoms with E-state index in [0.29, 0.717) is 6.07 Å². The number of anilines is 1. The van der Waals surface area contributed by atoms with Crippen LogP contribution in [0.4, 0.5) is 28.0 Å². The molecule has 0 radical (unpaired) electrons. The number of halogens is 5. The van der Waals surface area contributed by atoms with Crippen molar-refractivity contribution in [3.05, 3.63) is 28.8 Å². The normalized spacial score (nSPS) is 11.3. The van der Waals surface area contributed by atoms with E-state index in [1.54, 1.807) is 0 Å². The van der Waals surface area contributed by atoms with Crippen molar-refractivity contribution in [2.24, 2.45) is 0 Å². The highest BCUT2D eigenvalue weighted by Crippen LogP contribution is 2.36. The molecular weight excluding hydrogens is 238 g/mol. The molecule has 1 aromatic carbocycles. The SMILES string of the molecule is O=C(F)Nc1ccc(Cl)cc1C(F)(F)F. The fourth-order valence-corrected chi connectivity index (χ4v) is 1.14. The van der Waals surface area contributed by atoms with Crippen molar-refractivity contribution in [1.29, 1.82) is 0 Å². The Hall–Kier alpha value is -1.30. The molecule has 1 aromatic rings. The van der Waals surface area contributed by atoms with Gasteiger partial charge in [-0.1, -0.05) is 11.6 Å². The van der Waals surface area contributed by atoms with Crippen molar-refractivity contribution < 1.29 is 22.4 Å². The first-order valence-electron chi connectivity index (χ1n) is 3.64. The zero-order chi connectivity index (χ0) is 11.6. The van der Waals surface area contributed by atoms with Gasteiger partial charge in [0, 0.05) is 5.02 Å². The Kier molecular flexibility index (Phi) is 3.18. The summed E-state index contributed by atoms with van der Waals surface area (Å²) in [6, 6.07) is 2.59. The summed E-state index contributed by atoms with van der Waals surface area (Å²) in [6.07, 6.45) is -6.77. The Morgan fingerprint density at radius 2 is 1.93 bits per heavy atom. The zero-order valence-corrected chi connectivity index (χ0v) is 7.79. The lowest BCUT2D eigenvalue weighted by molar-refractivity contribution is -0.136. The number of carbonyl (C=O) groups excluding carboxylic acids is 1. The Labute approximate surface area is 86.8 Å². The Morgan fingerprint density at radius 3 is 2.40 bits per heavy atom. The van der Waals surface area contributed by atoms with Crippen molar-refractivity contribution in [2.45, 2.75) is 6.18 Å². The van der Waals surface area contributed by atoms with Gasteiger partial charge in [-0.05, 0) is 18.2 Å². The van der Waals surface area contributed by atoms with Gasteiger partial charge >= 0.3 is 12.3 Å². The average Bonchev–Trinajstić information content (AvgIpc) is 2.05. The molecule has 0 heterocycles. The van der Waals surface area contributed by atoms with E-state index in [1.807, 2.05) is 0 Å². The number of nitrogens with one attached hydrogen (secondary N) is 1. The van der Waals surface area contributed by atoms with E-state index >= 15 is 0 Å². The lowest BCUT2D eigenvalue weighted by Crippen LogP contribution is -2.12. The van der Waals surface area contributed by atoms with E-state index in [4.69, 9.17) is 11.6 Å². The molecule has 0 spiro atoms. The summed E-state index contributed by atoms with van der Waals surface area (Å²) in [6.45, 7) is 0. The maximum Gasteiger partial charge on any atom is 0.418 e. The van der Waals surface area contributed by atoms with Crippen LogP contribution in [0.2, 0.25) is 5.02 Å². The van der Waals surface area contributed by atoms with Gasteiger partial charge in [-0.2, -0.15) is 13.2 Å². The molecule has 2 nitrogen and oxygen atoms in total. The number of hydrogen-bond acceptors (Lipinski definition) is 1. The van der Waals surface area contributed by atoms with Gasteiger partial charge in [-0.15, -0.1) is 4.39 Å². The molecule has 7 heteroatoms.